The van der Waals surface area contributed by atoms with Crippen LogP contribution in [0.4, 0.5) is 4.39 Å². The van der Waals surface area contributed by atoms with Gasteiger partial charge in [0.05, 0.1) is 12.6 Å². The molecule has 3 rings (SSSR count). The summed E-state index contributed by atoms with van der Waals surface area (Å²) < 4.78 is 18.7. The van der Waals surface area contributed by atoms with Crippen molar-refractivity contribution in [2.24, 2.45) is 0 Å². The normalized spacial score (nSPS) is 19.9. The number of hydrogen-bond donors (Lipinski definition) is 0. The first-order chi connectivity index (χ1) is 11.0. The second-order valence-electron chi connectivity index (χ2n) is 5.72. The SMILES string of the molecule is CC(=O)OCC(=O)N1CC(=O)N2CCc3c(F)cccc3C2C1. The summed E-state index contributed by atoms with van der Waals surface area (Å²) >= 11 is 0. The Morgan fingerprint density at radius 1 is 1.39 bits per heavy atom. The highest BCUT2D eigenvalue weighted by Crippen LogP contribution is 2.34. The molecule has 0 radical (unpaired) electrons. The molecule has 0 aliphatic carbocycles. The molecule has 1 aromatic carbocycles. The van der Waals surface area contributed by atoms with E-state index in [0.717, 1.165) is 5.56 Å². The molecule has 1 aromatic rings. The first kappa shape index (κ1) is 15.5. The van der Waals surface area contributed by atoms with E-state index in [1.807, 2.05) is 0 Å². The van der Waals surface area contributed by atoms with Gasteiger partial charge >= 0.3 is 5.97 Å². The predicted molar refractivity (Wildman–Crippen MR) is 77.8 cm³/mol. The lowest BCUT2D eigenvalue weighted by Crippen LogP contribution is -2.56. The van der Waals surface area contributed by atoms with Gasteiger partial charge in [0.2, 0.25) is 5.91 Å². The highest BCUT2D eigenvalue weighted by Gasteiger charge is 2.39. The lowest BCUT2D eigenvalue weighted by Gasteiger charge is -2.44. The zero-order chi connectivity index (χ0) is 16.6. The minimum atomic E-state index is -0.548. The van der Waals surface area contributed by atoms with Crippen molar-refractivity contribution in [3.05, 3.63) is 35.1 Å². The van der Waals surface area contributed by atoms with Gasteiger partial charge in [0, 0.05) is 20.0 Å². The molecule has 1 unspecified atom stereocenters. The highest BCUT2D eigenvalue weighted by atomic mass is 19.1. The molecular weight excluding hydrogens is 303 g/mol. The number of rotatable bonds is 2. The number of carbonyl (C=O) groups is 3. The van der Waals surface area contributed by atoms with Gasteiger partial charge in [0.1, 0.15) is 5.82 Å². The van der Waals surface area contributed by atoms with Crippen molar-refractivity contribution in [1.29, 1.82) is 0 Å². The number of fused-ring (bicyclic) bond motifs is 3. The number of benzene rings is 1. The molecule has 1 saturated heterocycles. The maximum absolute atomic E-state index is 14.0. The van der Waals surface area contributed by atoms with Gasteiger partial charge in [-0.15, -0.1) is 0 Å². The molecule has 2 aliphatic rings. The number of piperazine rings is 1. The number of ether oxygens (including phenoxy) is 1. The van der Waals surface area contributed by atoms with E-state index in [0.29, 0.717) is 18.5 Å². The van der Waals surface area contributed by atoms with Crippen LogP contribution in [0, 0.1) is 5.82 Å². The van der Waals surface area contributed by atoms with Gasteiger partial charge < -0.3 is 14.5 Å². The molecule has 0 saturated carbocycles. The molecule has 1 fully saturated rings. The summed E-state index contributed by atoms with van der Waals surface area (Å²) in [6.07, 6.45) is 0.478. The number of nitrogens with zero attached hydrogens (tertiary/aromatic N) is 2. The molecule has 0 bridgehead atoms. The molecule has 7 heteroatoms. The smallest absolute Gasteiger partial charge is 0.303 e. The second kappa shape index (κ2) is 5.98. The van der Waals surface area contributed by atoms with E-state index in [1.54, 1.807) is 17.0 Å². The van der Waals surface area contributed by atoms with Gasteiger partial charge in [-0.05, 0) is 23.6 Å². The third-order valence-corrected chi connectivity index (χ3v) is 4.28. The summed E-state index contributed by atoms with van der Waals surface area (Å²) in [5, 5.41) is 0. The summed E-state index contributed by atoms with van der Waals surface area (Å²) in [6, 6.07) is 4.46. The maximum atomic E-state index is 14.0. The highest BCUT2D eigenvalue weighted by molar-refractivity contribution is 5.88. The number of amides is 2. The maximum Gasteiger partial charge on any atom is 0.303 e. The third kappa shape index (κ3) is 2.91. The fourth-order valence-electron chi connectivity index (χ4n) is 3.17. The molecule has 0 aromatic heterocycles. The Balaban J connectivity index is 1.82. The van der Waals surface area contributed by atoms with Crippen molar-refractivity contribution in [2.75, 3.05) is 26.2 Å². The Morgan fingerprint density at radius 3 is 2.91 bits per heavy atom. The van der Waals surface area contributed by atoms with Gasteiger partial charge in [-0.3, -0.25) is 14.4 Å². The zero-order valence-electron chi connectivity index (χ0n) is 12.8. The quantitative estimate of drug-likeness (QED) is 0.751. The topological polar surface area (TPSA) is 66.9 Å². The van der Waals surface area contributed by atoms with E-state index in [9.17, 15) is 18.8 Å². The van der Waals surface area contributed by atoms with Crippen molar-refractivity contribution >= 4 is 17.8 Å². The van der Waals surface area contributed by atoms with Gasteiger partial charge in [-0.2, -0.15) is 0 Å². The van der Waals surface area contributed by atoms with Crippen LogP contribution in [0.15, 0.2) is 18.2 Å². The minimum absolute atomic E-state index is 0.0404. The molecule has 2 amide bonds. The minimum Gasteiger partial charge on any atom is -0.456 e. The van der Waals surface area contributed by atoms with Crippen LogP contribution in [0.2, 0.25) is 0 Å². The summed E-state index contributed by atoms with van der Waals surface area (Å²) in [7, 11) is 0. The average Bonchev–Trinajstić information content (AvgIpc) is 2.52. The summed E-state index contributed by atoms with van der Waals surface area (Å²) in [5.41, 5.74) is 1.35. The fourth-order valence-corrected chi connectivity index (χ4v) is 3.17. The number of carbonyl (C=O) groups excluding carboxylic acids is 3. The Bertz CT molecular complexity index is 676. The van der Waals surface area contributed by atoms with E-state index in [2.05, 4.69) is 0 Å². The van der Waals surface area contributed by atoms with Crippen molar-refractivity contribution in [3.63, 3.8) is 0 Å². The zero-order valence-corrected chi connectivity index (χ0v) is 12.8. The molecule has 6 nitrogen and oxygen atoms in total. The molecule has 0 spiro atoms. The number of hydrogen-bond acceptors (Lipinski definition) is 4. The first-order valence-electron chi connectivity index (χ1n) is 7.45. The van der Waals surface area contributed by atoms with Crippen LogP contribution in [0.25, 0.3) is 0 Å². The van der Waals surface area contributed by atoms with E-state index in [4.69, 9.17) is 4.74 Å². The van der Waals surface area contributed by atoms with Crippen LogP contribution >= 0.6 is 0 Å². The van der Waals surface area contributed by atoms with Crippen molar-refractivity contribution in [1.82, 2.24) is 9.80 Å². The third-order valence-electron chi connectivity index (χ3n) is 4.28. The standard InChI is InChI=1S/C16H17FN2O4/c1-10(20)23-9-16(22)18-7-14-12-3-2-4-13(17)11(12)5-6-19(14)15(21)8-18/h2-4,14H,5-9H2,1H3. The first-order valence-corrected chi connectivity index (χ1v) is 7.45. The molecule has 2 heterocycles. The number of esters is 1. The molecule has 23 heavy (non-hydrogen) atoms. The molecule has 1 atom stereocenters. The fraction of sp³-hybridized carbons (Fsp3) is 0.438. The molecule has 122 valence electrons. The Hall–Kier alpha value is -2.44. The van der Waals surface area contributed by atoms with Crippen molar-refractivity contribution in [3.8, 4) is 0 Å². The van der Waals surface area contributed by atoms with Gasteiger partial charge in [-0.1, -0.05) is 12.1 Å². The average molecular weight is 320 g/mol. The van der Waals surface area contributed by atoms with Crippen molar-refractivity contribution < 1.29 is 23.5 Å². The van der Waals surface area contributed by atoms with Crippen molar-refractivity contribution in [2.45, 2.75) is 19.4 Å². The lowest BCUT2D eigenvalue weighted by molar-refractivity contribution is -0.156. The van der Waals surface area contributed by atoms with Crippen LogP contribution in [-0.4, -0.2) is 53.8 Å². The lowest BCUT2D eigenvalue weighted by atomic mass is 9.90. The van der Waals surface area contributed by atoms with Gasteiger partial charge in [0.25, 0.3) is 5.91 Å². The Labute approximate surface area is 132 Å². The molecule has 2 aliphatic heterocycles. The largest absolute Gasteiger partial charge is 0.456 e. The second-order valence-corrected chi connectivity index (χ2v) is 5.72. The van der Waals surface area contributed by atoms with Crippen LogP contribution in [0.3, 0.4) is 0 Å². The van der Waals surface area contributed by atoms with E-state index in [-0.39, 0.29) is 37.5 Å². The van der Waals surface area contributed by atoms with Crippen LogP contribution in [-0.2, 0) is 25.5 Å². The summed E-state index contributed by atoms with van der Waals surface area (Å²) in [5.74, 6) is -1.42. The van der Waals surface area contributed by atoms with Crippen LogP contribution < -0.4 is 0 Å². The Morgan fingerprint density at radius 2 is 2.17 bits per heavy atom. The monoisotopic (exact) mass is 320 g/mol. The predicted octanol–water partition coefficient (Wildman–Crippen LogP) is 0.657. The van der Waals surface area contributed by atoms with E-state index in [1.165, 1.54) is 17.9 Å². The number of halogens is 1. The molecular formula is C16H17FN2O4. The van der Waals surface area contributed by atoms with Gasteiger partial charge in [0.15, 0.2) is 6.61 Å². The van der Waals surface area contributed by atoms with Gasteiger partial charge in [-0.25, -0.2) is 4.39 Å². The summed E-state index contributed by atoms with van der Waals surface area (Å²) in [6.45, 7) is 1.52. The van der Waals surface area contributed by atoms with Crippen LogP contribution in [0.1, 0.15) is 24.1 Å². The van der Waals surface area contributed by atoms with E-state index < -0.39 is 11.9 Å². The Kier molecular flexibility index (Phi) is 4.02. The van der Waals surface area contributed by atoms with Crippen LogP contribution in [0.5, 0.6) is 0 Å². The molecule has 0 N–H and O–H groups in total. The summed E-state index contributed by atoms with van der Waals surface area (Å²) in [4.78, 5) is 38.3. The van der Waals surface area contributed by atoms with E-state index >= 15 is 0 Å².